The van der Waals surface area contributed by atoms with Crippen LogP contribution in [0.3, 0.4) is 0 Å². The first-order valence-electron chi connectivity index (χ1n) is 16.3. The largest absolute Gasteiger partial charge is 0.447 e. The van der Waals surface area contributed by atoms with Crippen molar-refractivity contribution in [3.8, 4) is 0 Å². The van der Waals surface area contributed by atoms with Crippen molar-refractivity contribution >= 4 is 24.0 Å². The molecule has 3 amide bonds. The Morgan fingerprint density at radius 3 is 1.73 bits per heavy atom. The number of alkyl carbamates (subject to hydrolysis) is 1. The van der Waals surface area contributed by atoms with Crippen LogP contribution in [0.2, 0.25) is 0 Å². The molecule has 1 rings (SSSR count). The first-order valence-corrected chi connectivity index (χ1v) is 16.3. The monoisotopic (exact) mass is 620 g/mol. The van der Waals surface area contributed by atoms with Gasteiger partial charge in [-0.15, -0.1) is 0 Å². The van der Waals surface area contributed by atoms with Crippen molar-refractivity contribution in [2.45, 2.75) is 123 Å². The number of nitrogens with zero attached hydrogens (tertiary/aromatic N) is 1. The van der Waals surface area contributed by atoms with Crippen molar-refractivity contribution < 1.29 is 33.4 Å². The number of unbranched alkanes of at least 4 members (excludes halogenated alkanes) is 10. The molecule has 1 aromatic rings. The number of primary amides is 2. The minimum absolute atomic E-state index is 0.0294. The molecule has 250 valence electrons. The Kier molecular flexibility index (Phi) is 21.8. The van der Waals surface area contributed by atoms with Crippen molar-refractivity contribution in [2.75, 3.05) is 26.4 Å². The number of nitrogens with one attached hydrogen (secondary N) is 1. The molecule has 1 atom stereocenters. The Labute approximate surface area is 263 Å². The maximum atomic E-state index is 12.0. The first kappa shape index (κ1) is 38.5. The van der Waals surface area contributed by atoms with E-state index in [-0.39, 0.29) is 26.4 Å². The molecule has 1 unspecified atom stereocenters. The average Bonchev–Trinajstić information content (AvgIpc) is 3.00. The molecular weight excluding hydrogens is 564 g/mol. The van der Waals surface area contributed by atoms with Gasteiger partial charge in [-0.3, -0.25) is 0 Å². The van der Waals surface area contributed by atoms with Gasteiger partial charge in [-0.25, -0.2) is 14.4 Å². The van der Waals surface area contributed by atoms with Gasteiger partial charge in [0.05, 0.1) is 5.71 Å². The number of hydrogen-bond donors (Lipinski definition) is 3. The second-order valence-corrected chi connectivity index (χ2v) is 11.2. The molecule has 44 heavy (non-hydrogen) atoms. The van der Waals surface area contributed by atoms with Gasteiger partial charge in [0.2, 0.25) is 0 Å². The summed E-state index contributed by atoms with van der Waals surface area (Å²) < 4.78 is 14.3. The zero-order valence-electron chi connectivity index (χ0n) is 27.2. The second-order valence-electron chi connectivity index (χ2n) is 11.2. The number of oxime groups is 1. The first-order chi connectivity index (χ1) is 21.3. The molecule has 11 heteroatoms. The third-order valence-electron chi connectivity index (χ3n) is 7.40. The minimum Gasteiger partial charge on any atom is -0.447 e. The third-order valence-corrected chi connectivity index (χ3v) is 7.40. The van der Waals surface area contributed by atoms with Crippen LogP contribution in [0.1, 0.15) is 128 Å². The van der Waals surface area contributed by atoms with Gasteiger partial charge in [0.15, 0.2) is 6.61 Å². The second kappa shape index (κ2) is 24.9. The van der Waals surface area contributed by atoms with Crippen LogP contribution in [0.5, 0.6) is 0 Å². The van der Waals surface area contributed by atoms with Gasteiger partial charge in [-0.05, 0) is 36.8 Å². The van der Waals surface area contributed by atoms with Crippen molar-refractivity contribution in [1.82, 2.24) is 5.32 Å². The molecule has 0 aliphatic rings. The summed E-state index contributed by atoms with van der Waals surface area (Å²) in [6, 6.07) is 7.75. The fraction of sp³-hybridized carbons (Fsp3) is 0.697. The standard InChI is InChI=1S/C33H56N4O7/c1-4-6-8-10-11-13-15-17-28(16-14-12-9-7-5-2)29-20-18-27(19-21-29)26(3)37-44-23-22-41-33(40)36-30(24-42-31(34)38)25-43-32(35)39/h18-21,28,30H,4-17,22-25H2,1-3H3,(H2,34,38)(H2,35,39)(H,36,40)/b37-26+. The third kappa shape index (κ3) is 19.6. The predicted molar refractivity (Wildman–Crippen MR) is 173 cm³/mol. The van der Waals surface area contributed by atoms with Crippen LogP contribution in [-0.2, 0) is 19.0 Å². The highest BCUT2D eigenvalue weighted by Crippen LogP contribution is 2.29. The number of ether oxygens (including phenoxy) is 3. The highest BCUT2D eigenvalue weighted by atomic mass is 16.6. The summed E-state index contributed by atoms with van der Waals surface area (Å²) in [5, 5.41) is 6.55. The summed E-state index contributed by atoms with van der Waals surface area (Å²) in [4.78, 5) is 39.0. The van der Waals surface area contributed by atoms with Gasteiger partial charge in [0.25, 0.3) is 0 Å². The van der Waals surface area contributed by atoms with Gasteiger partial charge >= 0.3 is 18.3 Å². The molecule has 0 aliphatic heterocycles. The zero-order valence-corrected chi connectivity index (χ0v) is 27.2. The highest BCUT2D eigenvalue weighted by Gasteiger charge is 2.17. The van der Waals surface area contributed by atoms with Crippen LogP contribution >= 0.6 is 0 Å². The summed E-state index contributed by atoms with van der Waals surface area (Å²) in [5.41, 5.74) is 12.9. The Balaban J connectivity index is 2.55. The van der Waals surface area contributed by atoms with Crippen LogP contribution < -0.4 is 16.8 Å². The number of carbonyl (C=O) groups excluding carboxylic acids is 3. The molecule has 11 nitrogen and oxygen atoms in total. The SMILES string of the molecule is CCCCCCCCCC(CCCCCCC)c1ccc(/C(C)=N/OCCOC(=O)NC(COC(N)=O)COC(N)=O)cc1. The van der Waals surface area contributed by atoms with Crippen molar-refractivity contribution in [1.29, 1.82) is 0 Å². The van der Waals surface area contributed by atoms with Crippen LogP contribution in [0.4, 0.5) is 14.4 Å². The quantitative estimate of drug-likeness (QED) is 0.0446. The predicted octanol–water partition coefficient (Wildman–Crippen LogP) is 7.30. The summed E-state index contributed by atoms with van der Waals surface area (Å²) in [6.07, 6.45) is 15.3. The van der Waals surface area contributed by atoms with E-state index in [0.717, 1.165) is 11.3 Å². The van der Waals surface area contributed by atoms with Gasteiger partial charge in [-0.2, -0.15) is 0 Å². The van der Waals surface area contributed by atoms with Gasteiger partial charge in [0.1, 0.15) is 25.9 Å². The van der Waals surface area contributed by atoms with E-state index in [0.29, 0.717) is 5.92 Å². The number of nitrogens with two attached hydrogens (primary N) is 2. The smallest absolute Gasteiger partial charge is 0.407 e. The molecular formula is C33H56N4O7. The minimum atomic E-state index is -1.04. The van der Waals surface area contributed by atoms with E-state index in [2.05, 4.69) is 58.1 Å². The van der Waals surface area contributed by atoms with Gasteiger partial charge in [-0.1, -0.05) is 120 Å². The van der Waals surface area contributed by atoms with Crippen molar-refractivity contribution in [3.63, 3.8) is 0 Å². The number of benzene rings is 1. The lowest BCUT2D eigenvalue weighted by Crippen LogP contribution is -2.43. The summed E-state index contributed by atoms with van der Waals surface area (Å²) in [6.45, 7) is 5.68. The van der Waals surface area contributed by atoms with Crippen LogP contribution in [-0.4, -0.2) is 56.5 Å². The molecule has 0 spiro atoms. The lowest BCUT2D eigenvalue weighted by atomic mass is 9.87. The van der Waals surface area contributed by atoms with E-state index in [9.17, 15) is 14.4 Å². The van der Waals surface area contributed by atoms with Crippen LogP contribution in [0.25, 0.3) is 0 Å². The molecule has 0 saturated heterocycles. The zero-order chi connectivity index (χ0) is 32.4. The number of carbonyl (C=O) groups is 3. The van der Waals surface area contributed by atoms with E-state index in [1.54, 1.807) is 0 Å². The lowest BCUT2D eigenvalue weighted by Gasteiger charge is -2.18. The molecule has 0 saturated carbocycles. The summed E-state index contributed by atoms with van der Waals surface area (Å²) in [7, 11) is 0. The number of hydrogen-bond acceptors (Lipinski definition) is 8. The number of amides is 3. The van der Waals surface area contributed by atoms with E-state index in [1.165, 1.54) is 95.5 Å². The number of rotatable bonds is 25. The molecule has 5 N–H and O–H groups in total. The molecule has 0 fully saturated rings. The van der Waals surface area contributed by atoms with E-state index in [1.807, 2.05) is 6.92 Å². The molecule has 1 aromatic carbocycles. The lowest BCUT2D eigenvalue weighted by molar-refractivity contribution is 0.0673. The van der Waals surface area contributed by atoms with Crippen molar-refractivity contribution in [2.24, 2.45) is 16.6 Å². The highest BCUT2D eigenvalue weighted by molar-refractivity contribution is 5.98. The summed E-state index contributed by atoms with van der Waals surface area (Å²) >= 11 is 0. The fourth-order valence-corrected chi connectivity index (χ4v) is 4.89. The fourth-order valence-electron chi connectivity index (χ4n) is 4.89. The van der Waals surface area contributed by atoms with E-state index >= 15 is 0 Å². The van der Waals surface area contributed by atoms with E-state index in [4.69, 9.17) is 21.0 Å². The van der Waals surface area contributed by atoms with Gasteiger partial charge in [0, 0.05) is 0 Å². The normalized spacial score (nSPS) is 12.0. The summed E-state index contributed by atoms with van der Waals surface area (Å²) in [5.74, 6) is 0.586. The van der Waals surface area contributed by atoms with E-state index < -0.39 is 24.3 Å². The molecule has 0 aromatic heterocycles. The topological polar surface area (TPSA) is 165 Å². The molecule has 0 heterocycles. The van der Waals surface area contributed by atoms with Crippen LogP contribution in [0.15, 0.2) is 29.4 Å². The maximum absolute atomic E-state index is 12.0. The molecule has 0 aliphatic carbocycles. The van der Waals surface area contributed by atoms with Crippen LogP contribution in [0, 0.1) is 0 Å². The van der Waals surface area contributed by atoms with Crippen molar-refractivity contribution in [3.05, 3.63) is 35.4 Å². The maximum Gasteiger partial charge on any atom is 0.407 e. The molecule has 0 radical (unpaired) electrons. The Morgan fingerprint density at radius 2 is 1.23 bits per heavy atom. The average molecular weight is 621 g/mol. The molecule has 0 bridgehead atoms. The Morgan fingerprint density at radius 1 is 0.727 bits per heavy atom. The Hall–Kier alpha value is -3.50. The Bertz CT molecular complexity index is 938. The van der Waals surface area contributed by atoms with Gasteiger partial charge < -0.3 is 35.8 Å².